The molecule has 0 aromatic heterocycles. The van der Waals surface area contributed by atoms with Crippen LogP contribution in [0.1, 0.15) is 22.3 Å². The summed E-state index contributed by atoms with van der Waals surface area (Å²) in [6.45, 7) is 1.64. The standard InChI is InChI=1S/C19H17FN2O2/c20-17-7-4-8-18(16(17)11-21)24-13-14-9-10-22(12-14)19(23)15-5-2-1-3-6-15/h1-8,14H,9-10,12-13H2/t14-/m1/s1. The third-order valence-electron chi connectivity index (χ3n) is 4.16. The predicted molar refractivity (Wildman–Crippen MR) is 87.1 cm³/mol. The van der Waals surface area contributed by atoms with Crippen molar-refractivity contribution in [3.05, 3.63) is 65.5 Å². The van der Waals surface area contributed by atoms with Gasteiger partial charge in [0.25, 0.3) is 5.91 Å². The van der Waals surface area contributed by atoms with Crippen molar-refractivity contribution < 1.29 is 13.9 Å². The highest BCUT2D eigenvalue weighted by molar-refractivity contribution is 5.94. The van der Waals surface area contributed by atoms with E-state index in [0.29, 0.717) is 25.3 Å². The molecule has 0 spiro atoms. The zero-order valence-electron chi connectivity index (χ0n) is 13.1. The highest BCUT2D eigenvalue weighted by Crippen LogP contribution is 2.24. The molecule has 0 aliphatic carbocycles. The third kappa shape index (κ3) is 3.38. The summed E-state index contributed by atoms with van der Waals surface area (Å²) in [5.74, 6) is -0.137. The average Bonchev–Trinajstić information content (AvgIpc) is 3.09. The minimum absolute atomic E-state index is 0.0153. The summed E-state index contributed by atoms with van der Waals surface area (Å²) < 4.78 is 19.2. The molecule has 5 heteroatoms. The SMILES string of the molecule is N#Cc1c(F)cccc1OC[C@@H]1CCN(C(=O)c2ccccc2)C1. The van der Waals surface area contributed by atoms with Gasteiger partial charge in [-0.2, -0.15) is 5.26 Å². The molecule has 1 heterocycles. The number of carbonyl (C=O) groups excluding carboxylic acids is 1. The van der Waals surface area contributed by atoms with E-state index >= 15 is 0 Å². The van der Waals surface area contributed by atoms with Crippen molar-refractivity contribution in [3.63, 3.8) is 0 Å². The van der Waals surface area contributed by atoms with Gasteiger partial charge in [0, 0.05) is 24.6 Å². The van der Waals surface area contributed by atoms with Gasteiger partial charge in [-0.05, 0) is 30.7 Å². The molecule has 3 rings (SSSR count). The maximum Gasteiger partial charge on any atom is 0.253 e. The van der Waals surface area contributed by atoms with Crippen LogP contribution in [0.25, 0.3) is 0 Å². The Morgan fingerprint density at radius 1 is 1.25 bits per heavy atom. The van der Waals surface area contributed by atoms with Crippen LogP contribution in [-0.2, 0) is 0 Å². The number of nitriles is 1. The van der Waals surface area contributed by atoms with Crippen LogP contribution in [-0.4, -0.2) is 30.5 Å². The van der Waals surface area contributed by atoms with Gasteiger partial charge in [-0.1, -0.05) is 24.3 Å². The van der Waals surface area contributed by atoms with E-state index < -0.39 is 5.82 Å². The van der Waals surface area contributed by atoms with E-state index in [4.69, 9.17) is 10.00 Å². The lowest BCUT2D eigenvalue weighted by Gasteiger charge is -2.17. The van der Waals surface area contributed by atoms with Crippen molar-refractivity contribution in [3.8, 4) is 11.8 Å². The molecular weight excluding hydrogens is 307 g/mol. The molecule has 122 valence electrons. The summed E-state index contributed by atoms with van der Waals surface area (Å²) in [6, 6.07) is 15.3. The Labute approximate surface area is 140 Å². The van der Waals surface area contributed by atoms with E-state index in [-0.39, 0.29) is 23.1 Å². The molecule has 0 radical (unpaired) electrons. The number of hydrogen-bond acceptors (Lipinski definition) is 3. The van der Waals surface area contributed by atoms with Gasteiger partial charge in [0.1, 0.15) is 23.2 Å². The Morgan fingerprint density at radius 3 is 2.79 bits per heavy atom. The second-order valence-corrected chi connectivity index (χ2v) is 5.81. The minimum Gasteiger partial charge on any atom is -0.492 e. The normalized spacial score (nSPS) is 16.7. The molecule has 1 amide bonds. The molecule has 1 fully saturated rings. The average molecular weight is 324 g/mol. The second-order valence-electron chi connectivity index (χ2n) is 5.81. The van der Waals surface area contributed by atoms with E-state index in [1.807, 2.05) is 24.3 Å². The van der Waals surface area contributed by atoms with Gasteiger partial charge in [-0.3, -0.25) is 4.79 Å². The highest BCUT2D eigenvalue weighted by atomic mass is 19.1. The van der Waals surface area contributed by atoms with Gasteiger partial charge >= 0.3 is 0 Å². The molecule has 0 unspecified atom stereocenters. The summed E-state index contributed by atoms with van der Waals surface area (Å²) in [7, 11) is 0. The van der Waals surface area contributed by atoms with Crippen molar-refractivity contribution in [2.45, 2.75) is 6.42 Å². The van der Waals surface area contributed by atoms with Gasteiger partial charge in [0.2, 0.25) is 0 Å². The molecule has 0 saturated carbocycles. The first-order valence-electron chi connectivity index (χ1n) is 7.85. The highest BCUT2D eigenvalue weighted by Gasteiger charge is 2.27. The zero-order chi connectivity index (χ0) is 16.9. The maximum atomic E-state index is 13.6. The summed E-state index contributed by atoms with van der Waals surface area (Å²) in [4.78, 5) is 14.2. The molecule has 4 nitrogen and oxygen atoms in total. The molecule has 1 atom stereocenters. The van der Waals surface area contributed by atoms with Crippen molar-refractivity contribution in [1.82, 2.24) is 4.90 Å². The molecule has 0 N–H and O–H groups in total. The molecule has 24 heavy (non-hydrogen) atoms. The summed E-state index contributed by atoms with van der Waals surface area (Å²) in [6.07, 6.45) is 0.829. The molecule has 0 bridgehead atoms. The molecule has 1 aliphatic heterocycles. The molecule has 2 aromatic rings. The molecule has 1 saturated heterocycles. The number of amides is 1. The number of hydrogen-bond donors (Lipinski definition) is 0. The fourth-order valence-electron chi connectivity index (χ4n) is 2.86. The molecule has 2 aromatic carbocycles. The van der Waals surface area contributed by atoms with E-state index in [2.05, 4.69) is 0 Å². The number of likely N-dealkylation sites (tertiary alicyclic amines) is 1. The fraction of sp³-hybridized carbons (Fsp3) is 0.263. The van der Waals surface area contributed by atoms with Crippen LogP contribution in [0.15, 0.2) is 48.5 Å². The quantitative estimate of drug-likeness (QED) is 0.867. The van der Waals surface area contributed by atoms with Crippen LogP contribution in [0, 0.1) is 23.1 Å². The zero-order valence-corrected chi connectivity index (χ0v) is 13.1. The number of benzene rings is 2. The number of nitrogens with zero attached hydrogens (tertiary/aromatic N) is 2. The van der Waals surface area contributed by atoms with Crippen molar-refractivity contribution in [1.29, 1.82) is 5.26 Å². The number of rotatable bonds is 4. The first-order chi connectivity index (χ1) is 11.7. The molecular formula is C19H17FN2O2. The topological polar surface area (TPSA) is 53.3 Å². The first-order valence-corrected chi connectivity index (χ1v) is 7.85. The Bertz CT molecular complexity index is 771. The fourth-order valence-corrected chi connectivity index (χ4v) is 2.86. The second kappa shape index (κ2) is 7.14. The largest absolute Gasteiger partial charge is 0.492 e. The lowest BCUT2D eigenvalue weighted by atomic mass is 10.1. The monoisotopic (exact) mass is 324 g/mol. The summed E-state index contributed by atoms with van der Waals surface area (Å²) in [5, 5.41) is 9.01. The van der Waals surface area contributed by atoms with Crippen LogP contribution >= 0.6 is 0 Å². The summed E-state index contributed by atoms with van der Waals surface area (Å²) >= 11 is 0. The summed E-state index contributed by atoms with van der Waals surface area (Å²) in [5.41, 5.74) is 0.601. The number of ether oxygens (including phenoxy) is 1. The van der Waals surface area contributed by atoms with Gasteiger partial charge in [0.05, 0.1) is 6.61 Å². The van der Waals surface area contributed by atoms with Crippen LogP contribution in [0.3, 0.4) is 0 Å². The maximum absolute atomic E-state index is 13.6. The van der Waals surface area contributed by atoms with Gasteiger partial charge in [-0.25, -0.2) is 4.39 Å². The number of carbonyl (C=O) groups is 1. The van der Waals surface area contributed by atoms with E-state index in [1.165, 1.54) is 12.1 Å². The lowest BCUT2D eigenvalue weighted by molar-refractivity contribution is 0.0783. The van der Waals surface area contributed by atoms with Gasteiger partial charge in [0.15, 0.2) is 0 Å². The Hall–Kier alpha value is -2.87. The first kappa shape index (κ1) is 16.0. The Morgan fingerprint density at radius 2 is 2.04 bits per heavy atom. The number of halogens is 1. The molecule has 1 aliphatic rings. The van der Waals surface area contributed by atoms with E-state index in [9.17, 15) is 9.18 Å². The van der Waals surface area contributed by atoms with E-state index in [1.54, 1.807) is 23.1 Å². The van der Waals surface area contributed by atoms with Crippen LogP contribution in [0.4, 0.5) is 4.39 Å². The van der Waals surface area contributed by atoms with Gasteiger partial charge < -0.3 is 9.64 Å². The smallest absolute Gasteiger partial charge is 0.253 e. The van der Waals surface area contributed by atoms with Crippen molar-refractivity contribution in [2.24, 2.45) is 5.92 Å². The van der Waals surface area contributed by atoms with Crippen LogP contribution in [0.5, 0.6) is 5.75 Å². The predicted octanol–water partition coefficient (Wildman–Crippen LogP) is 3.24. The van der Waals surface area contributed by atoms with Crippen molar-refractivity contribution >= 4 is 5.91 Å². The van der Waals surface area contributed by atoms with E-state index in [0.717, 1.165) is 6.42 Å². The third-order valence-corrected chi connectivity index (χ3v) is 4.16. The van der Waals surface area contributed by atoms with Crippen LogP contribution in [0.2, 0.25) is 0 Å². The van der Waals surface area contributed by atoms with Crippen molar-refractivity contribution in [2.75, 3.05) is 19.7 Å². The minimum atomic E-state index is -0.581. The lowest BCUT2D eigenvalue weighted by Crippen LogP contribution is -2.29. The van der Waals surface area contributed by atoms with Crippen LogP contribution < -0.4 is 4.74 Å². The Balaban J connectivity index is 1.59. The Kier molecular flexibility index (Phi) is 4.76. The van der Waals surface area contributed by atoms with Gasteiger partial charge in [-0.15, -0.1) is 0 Å².